The molecule has 0 bridgehead atoms. The Kier molecular flexibility index (Phi) is 5.58. The molecule has 118 valence electrons. The summed E-state index contributed by atoms with van der Waals surface area (Å²) >= 11 is 0. The Morgan fingerprint density at radius 1 is 1.24 bits per heavy atom. The molecule has 1 aliphatic rings. The Labute approximate surface area is 126 Å². The zero-order valence-electron chi connectivity index (χ0n) is 12.4. The average Bonchev–Trinajstić information content (AvgIpc) is 3.25. The number of rotatable bonds is 9. The van der Waals surface area contributed by atoms with Gasteiger partial charge in [0.1, 0.15) is 5.82 Å². The maximum absolute atomic E-state index is 12.9. The van der Waals surface area contributed by atoms with Gasteiger partial charge in [-0.25, -0.2) is 12.8 Å². The Morgan fingerprint density at radius 2 is 1.90 bits per heavy atom. The van der Waals surface area contributed by atoms with Gasteiger partial charge < -0.3 is 5.32 Å². The fourth-order valence-corrected chi connectivity index (χ4v) is 3.89. The Morgan fingerprint density at radius 3 is 2.48 bits per heavy atom. The molecule has 6 heteroatoms. The van der Waals surface area contributed by atoms with E-state index in [-0.39, 0.29) is 11.6 Å². The van der Waals surface area contributed by atoms with Crippen LogP contribution in [0, 0.1) is 5.82 Å². The van der Waals surface area contributed by atoms with E-state index in [4.69, 9.17) is 0 Å². The van der Waals surface area contributed by atoms with Crippen molar-refractivity contribution in [3.8, 4) is 0 Å². The molecule has 0 atom stereocenters. The number of hydrogen-bond donors (Lipinski definition) is 1. The molecule has 0 amide bonds. The summed E-state index contributed by atoms with van der Waals surface area (Å²) in [7, 11) is -3.34. The van der Waals surface area contributed by atoms with Gasteiger partial charge in [-0.3, -0.25) is 4.31 Å². The third-order valence-corrected chi connectivity index (χ3v) is 5.52. The van der Waals surface area contributed by atoms with E-state index in [1.807, 2.05) is 0 Å². The number of nitrogens with zero attached hydrogens (tertiary/aromatic N) is 1. The highest BCUT2D eigenvalue weighted by atomic mass is 32.2. The Balaban J connectivity index is 1.86. The zero-order chi connectivity index (χ0) is 15.3. The summed E-state index contributed by atoms with van der Waals surface area (Å²) in [6.07, 6.45) is 3.98. The highest BCUT2D eigenvalue weighted by Gasteiger charge is 2.22. The fourth-order valence-electron chi connectivity index (χ4n) is 2.26. The van der Waals surface area contributed by atoms with E-state index in [1.165, 1.54) is 41.4 Å². The van der Waals surface area contributed by atoms with E-state index in [0.717, 1.165) is 13.0 Å². The first-order chi connectivity index (χ1) is 10.0. The third kappa shape index (κ3) is 4.97. The van der Waals surface area contributed by atoms with Crippen molar-refractivity contribution in [2.24, 2.45) is 0 Å². The van der Waals surface area contributed by atoms with Crippen molar-refractivity contribution in [2.45, 2.75) is 38.6 Å². The second-order valence-corrected chi connectivity index (χ2v) is 7.41. The van der Waals surface area contributed by atoms with Gasteiger partial charge in [-0.1, -0.05) is 0 Å². The molecule has 0 radical (unpaired) electrons. The molecule has 0 spiro atoms. The number of unbranched alkanes of at least 4 members (excludes halogenated alkanes) is 1. The standard InChI is InChI=1S/C15H23FN2O2S/c1-2-18(15-9-5-13(16)6-10-15)21(19,20)12-4-3-11-17-14-7-8-14/h5-6,9-10,14,17H,2-4,7-8,11-12H2,1H3. The Hall–Kier alpha value is -1.14. The maximum atomic E-state index is 12.9. The molecule has 21 heavy (non-hydrogen) atoms. The van der Waals surface area contributed by atoms with Gasteiger partial charge in [0, 0.05) is 12.6 Å². The molecular formula is C15H23FN2O2S. The van der Waals surface area contributed by atoms with Gasteiger partial charge >= 0.3 is 0 Å². The minimum absolute atomic E-state index is 0.130. The summed E-state index contributed by atoms with van der Waals surface area (Å²) in [6.45, 7) is 3.02. The number of sulfonamides is 1. The molecule has 1 aliphatic carbocycles. The van der Waals surface area contributed by atoms with Crippen LogP contribution in [0.1, 0.15) is 32.6 Å². The molecule has 0 aliphatic heterocycles. The van der Waals surface area contributed by atoms with Crippen LogP contribution in [0.2, 0.25) is 0 Å². The smallest absolute Gasteiger partial charge is 0.235 e. The van der Waals surface area contributed by atoms with Gasteiger partial charge in [0.05, 0.1) is 11.4 Å². The van der Waals surface area contributed by atoms with Crippen LogP contribution in [0.25, 0.3) is 0 Å². The molecule has 0 saturated heterocycles. The van der Waals surface area contributed by atoms with Crippen LogP contribution in [0.3, 0.4) is 0 Å². The number of benzene rings is 1. The van der Waals surface area contributed by atoms with Crippen molar-refractivity contribution in [1.29, 1.82) is 0 Å². The van der Waals surface area contributed by atoms with Gasteiger partial charge in [-0.05, 0) is 63.4 Å². The van der Waals surface area contributed by atoms with Gasteiger partial charge in [0.25, 0.3) is 0 Å². The van der Waals surface area contributed by atoms with E-state index in [0.29, 0.717) is 24.7 Å². The van der Waals surface area contributed by atoms with Crippen LogP contribution in [0.15, 0.2) is 24.3 Å². The number of halogens is 1. The minimum Gasteiger partial charge on any atom is -0.314 e. The monoisotopic (exact) mass is 314 g/mol. The summed E-state index contributed by atoms with van der Waals surface area (Å²) in [5, 5.41) is 3.37. The van der Waals surface area contributed by atoms with Crippen LogP contribution in [0.4, 0.5) is 10.1 Å². The second kappa shape index (κ2) is 7.22. The quantitative estimate of drug-likeness (QED) is 0.713. The first kappa shape index (κ1) is 16.2. The molecule has 0 heterocycles. The van der Waals surface area contributed by atoms with E-state index in [2.05, 4.69) is 5.32 Å². The lowest BCUT2D eigenvalue weighted by Gasteiger charge is -2.22. The van der Waals surface area contributed by atoms with E-state index in [9.17, 15) is 12.8 Å². The lowest BCUT2D eigenvalue weighted by atomic mass is 10.3. The number of anilines is 1. The predicted octanol–water partition coefficient (Wildman–Crippen LogP) is 2.51. The molecule has 0 aromatic heterocycles. The highest BCUT2D eigenvalue weighted by Crippen LogP contribution is 2.20. The van der Waals surface area contributed by atoms with Crippen LogP contribution in [-0.4, -0.2) is 33.3 Å². The van der Waals surface area contributed by atoms with Crippen LogP contribution >= 0.6 is 0 Å². The van der Waals surface area contributed by atoms with E-state index >= 15 is 0 Å². The second-order valence-electron chi connectivity index (χ2n) is 5.39. The molecule has 0 unspecified atom stereocenters. The zero-order valence-corrected chi connectivity index (χ0v) is 13.2. The SMILES string of the molecule is CCN(c1ccc(F)cc1)S(=O)(=O)CCCCNC1CC1. The van der Waals surface area contributed by atoms with Gasteiger partial charge in [0.15, 0.2) is 0 Å². The van der Waals surface area contributed by atoms with Crippen LogP contribution in [-0.2, 0) is 10.0 Å². The molecule has 1 saturated carbocycles. The normalized spacial score (nSPS) is 15.1. The topological polar surface area (TPSA) is 49.4 Å². The lowest BCUT2D eigenvalue weighted by Crippen LogP contribution is -2.33. The number of nitrogens with one attached hydrogen (secondary N) is 1. The first-order valence-electron chi connectivity index (χ1n) is 7.52. The van der Waals surface area contributed by atoms with Crippen LogP contribution in [0.5, 0.6) is 0 Å². The molecule has 1 aromatic carbocycles. The van der Waals surface area contributed by atoms with Crippen LogP contribution < -0.4 is 9.62 Å². The van der Waals surface area contributed by atoms with Gasteiger partial charge in [-0.15, -0.1) is 0 Å². The molecule has 1 N–H and O–H groups in total. The predicted molar refractivity (Wildman–Crippen MR) is 83.5 cm³/mol. The summed E-state index contributed by atoms with van der Waals surface area (Å²) in [5.41, 5.74) is 0.523. The molecule has 2 rings (SSSR count). The van der Waals surface area contributed by atoms with E-state index < -0.39 is 10.0 Å². The number of hydrogen-bond acceptors (Lipinski definition) is 3. The summed E-state index contributed by atoms with van der Waals surface area (Å²) < 4.78 is 39.0. The van der Waals surface area contributed by atoms with E-state index in [1.54, 1.807) is 6.92 Å². The molecule has 1 aromatic rings. The van der Waals surface area contributed by atoms with Gasteiger partial charge in [0.2, 0.25) is 10.0 Å². The van der Waals surface area contributed by atoms with Crippen molar-refractivity contribution in [2.75, 3.05) is 23.1 Å². The van der Waals surface area contributed by atoms with Crippen molar-refractivity contribution in [3.63, 3.8) is 0 Å². The molecule has 4 nitrogen and oxygen atoms in total. The molecular weight excluding hydrogens is 291 g/mol. The van der Waals surface area contributed by atoms with Crippen molar-refractivity contribution in [1.82, 2.24) is 5.32 Å². The van der Waals surface area contributed by atoms with Crippen molar-refractivity contribution >= 4 is 15.7 Å². The summed E-state index contributed by atoms with van der Waals surface area (Å²) in [5.74, 6) is -0.233. The van der Waals surface area contributed by atoms with Gasteiger partial charge in [-0.2, -0.15) is 0 Å². The molecule has 1 fully saturated rings. The largest absolute Gasteiger partial charge is 0.314 e. The minimum atomic E-state index is -3.34. The average molecular weight is 314 g/mol. The first-order valence-corrected chi connectivity index (χ1v) is 9.13. The van der Waals surface area contributed by atoms with Crippen molar-refractivity contribution in [3.05, 3.63) is 30.1 Å². The third-order valence-electron chi connectivity index (χ3n) is 3.58. The maximum Gasteiger partial charge on any atom is 0.235 e. The summed E-state index contributed by atoms with van der Waals surface area (Å²) in [6, 6.07) is 6.24. The fraction of sp³-hybridized carbons (Fsp3) is 0.600. The summed E-state index contributed by atoms with van der Waals surface area (Å²) in [4.78, 5) is 0. The Bertz CT molecular complexity index is 541. The highest BCUT2D eigenvalue weighted by molar-refractivity contribution is 7.92. The van der Waals surface area contributed by atoms with Crippen molar-refractivity contribution < 1.29 is 12.8 Å². The lowest BCUT2D eigenvalue weighted by molar-refractivity contribution is 0.582.